The van der Waals surface area contributed by atoms with E-state index < -0.39 is 0 Å². The van der Waals surface area contributed by atoms with E-state index in [1.54, 1.807) is 11.2 Å². The van der Waals surface area contributed by atoms with Gasteiger partial charge < -0.3 is 19.4 Å². The number of rotatable bonds is 7. The molecule has 0 unspecified atom stereocenters. The van der Waals surface area contributed by atoms with Crippen molar-refractivity contribution in [1.29, 1.82) is 0 Å². The van der Waals surface area contributed by atoms with Gasteiger partial charge in [-0.05, 0) is 25.0 Å². The number of carbonyl (C=O) groups is 2. The van der Waals surface area contributed by atoms with Crippen LogP contribution >= 0.6 is 23.1 Å². The Morgan fingerprint density at radius 2 is 2.23 bits per heavy atom. The van der Waals surface area contributed by atoms with E-state index in [-0.39, 0.29) is 17.8 Å². The molecule has 1 saturated heterocycles. The number of methoxy groups -OCH3 is 1. The fraction of sp³-hybridized carbons (Fsp3) is 0.500. The van der Waals surface area contributed by atoms with Crippen molar-refractivity contribution >= 4 is 40.1 Å². The Labute approximate surface area is 159 Å². The Morgan fingerprint density at radius 3 is 2.92 bits per heavy atom. The molecular weight excluding hydrogens is 376 g/mol. The van der Waals surface area contributed by atoms with Gasteiger partial charge in [0.15, 0.2) is 4.34 Å². The van der Waals surface area contributed by atoms with Crippen molar-refractivity contribution in [3.63, 3.8) is 0 Å². The molecule has 2 aromatic rings. The number of hydrogen-bond donors (Lipinski definition) is 1. The maximum Gasteiger partial charge on any atom is 0.308 e. The van der Waals surface area contributed by atoms with Gasteiger partial charge in [-0.1, -0.05) is 23.1 Å². The third-order valence-corrected chi connectivity index (χ3v) is 6.10. The summed E-state index contributed by atoms with van der Waals surface area (Å²) in [6.07, 6.45) is 2.93. The summed E-state index contributed by atoms with van der Waals surface area (Å²) in [6.45, 7) is 1.72. The van der Waals surface area contributed by atoms with Gasteiger partial charge in [-0.3, -0.25) is 9.59 Å². The minimum absolute atomic E-state index is 0.0543. The summed E-state index contributed by atoms with van der Waals surface area (Å²) in [7, 11) is 1.40. The molecule has 0 aliphatic carbocycles. The Balaban J connectivity index is 1.40. The monoisotopic (exact) mass is 396 g/mol. The van der Waals surface area contributed by atoms with E-state index >= 15 is 0 Å². The van der Waals surface area contributed by atoms with Crippen LogP contribution < -0.4 is 5.32 Å². The lowest BCUT2D eigenvalue weighted by molar-refractivity contribution is -0.148. The number of ether oxygens (including phenoxy) is 1. The molecular formula is C16H20N4O4S2. The van der Waals surface area contributed by atoms with Crippen LogP contribution in [0.2, 0.25) is 0 Å². The highest BCUT2D eigenvalue weighted by Gasteiger charge is 2.27. The fourth-order valence-corrected chi connectivity index (χ4v) is 4.31. The van der Waals surface area contributed by atoms with E-state index in [1.807, 2.05) is 12.1 Å². The van der Waals surface area contributed by atoms with Crippen molar-refractivity contribution in [3.05, 3.63) is 24.2 Å². The molecule has 8 nitrogen and oxygen atoms in total. The topological polar surface area (TPSA) is 97.6 Å². The first kappa shape index (κ1) is 18.7. The zero-order valence-corrected chi connectivity index (χ0v) is 16.0. The number of thioether (sulfide) groups is 1. The lowest BCUT2D eigenvalue weighted by atomic mass is 9.97. The fourth-order valence-electron chi connectivity index (χ4n) is 2.66. The largest absolute Gasteiger partial charge is 0.469 e. The number of hydrogen-bond acceptors (Lipinski definition) is 9. The van der Waals surface area contributed by atoms with Crippen LogP contribution in [0.4, 0.5) is 5.13 Å². The second-order valence-electron chi connectivity index (χ2n) is 5.77. The number of nitrogens with zero attached hydrogens (tertiary/aromatic N) is 3. The third kappa shape index (κ3) is 4.98. The number of aromatic nitrogens is 2. The molecule has 0 bridgehead atoms. The molecule has 0 radical (unpaired) electrons. The lowest BCUT2D eigenvalue weighted by Crippen LogP contribution is -2.41. The van der Waals surface area contributed by atoms with E-state index in [0.717, 1.165) is 10.1 Å². The quantitative estimate of drug-likeness (QED) is 0.562. The summed E-state index contributed by atoms with van der Waals surface area (Å²) in [5, 5.41) is 12.0. The predicted molar refractivity (Wildman–Crippen MR) is 98.0 cm³/mol. The number of esters is 1. The first-order valence-electron chi connectivity index (χ1n) is 8.24. The summed E-state index contributed by atoms with van der Waals surface area (Å²) >= 11 is 2.78. The van der Waals surface area contributed by atoms with Crippen LogP contribution in [-0.2, 0) is 20.9 Å². The predicted octanol–water partition coefficient (Wildman–Crippen LogP) is 2.25. The Morgan fingerprint density at radius 1 is 1.42 bits per heavy atom. The first-order chi connectivity index (χ1) is 12.7. The van der Waals surface area contributed by atoms with Crippen molar-refractivity contribution < 1.29 is 18.7 Å². The van der Waals surface area contributed by atoms with Gasteiger partial charge in [0.05, 0.1) is 31.6 Å². The maximum atomic E-state index is 12.3. The molecule has 26 heavy (non-hydrogen) atoms. The Kier molecular flexibility index (Phi) is 6.51. The van der Waals surface area contributed by atoms with Crippen LogP contribution in [0.3, 0.4) is 0 Å². The minimum atomic E-state index is -0.185. The second-order valence-corrected chi connectivity index (χ2v) is 7.97. The van der Waals surface area contributed by atoms with Crippen molar-refractivity contribution in [3.8, 4) is 0 Å². The molecule has 10 heteroatoms. The summed E-state index contributed by atoms with van der Waals surface area (Å²) in [6, 6.07) is 3.71. The van der Waals surface area contributed by atoms with E-state index in [2.05, 4.69) is 15.5 Å². The number of furan rings is 1. The normalized spacial score (nSPS) is 15.0. The second kappa shape index (κ2) is 9.04. The molecule has 3 rings (SSSR count). The van der Waals surface area contributed by atoms with E-state index in [9.17, 15) is 9.59 Å². The summed E-state index contributed by atoms with van der Waals surface area (Å²) in [4.78, 5) is 25.6. The molecule has 0 aromatic carbocycles. The number of anilines is 1. The molecule has 1 aliphatic heterocycles. The van der Waals surface area contributed by atoms with Crippen molar-refractivity contribution in [1.82, 2.24) is 15.1 Å². The molecule has 2 aromatic heterocycles. The summed E-state index contributed by atoms with van der Waals surface area (Å²) < 4.78 is 10.8. The average Bonchev–Trinajstić information content (AvgIpc) is 3.35. The van der Waals surface area contributed by atoms with Gasteiger partial charge in [0.1, 0.15) is 5.76 Å². The van der Waals surface area contributed by atoms with Crippen LogP contribution in [0.25, 0.3) is 0 Å². The molecule has 140 valence electrons. The number of carbonyl (C=O) groups excluding carboxylic acids is 2. The highest BCUT2D eigenvalue weighted by atomic mass is 32.2. The van der Waals surface area contributed by atoms with Crippen LogP contribution in [0, 0.1) is 5.92 Å². The highest BCUT2D eigenvalue weighted by Crippen LogP contribution is 2.27. The molecule has 1 aliphatic rings. The highest BCUT2D eigenvalue weighted by molar-refractivity contribution is 8.01. The summed E-state index contributed by atoms with van der Waals surface area (Å²) in [5.41, 5.74) is 0. The third-order valence-electron chi connectivity index (χ3n) is 4.10. The molecule has 0 spiro atoms. The maximum absolute atomic E-state index is 12.3. The van der Waals surface area contributed by atoms with Crippen molar-refractivity contribution in [2.75, 3.05) is 31.3 Å². The van der Waals surface area contributed by atoms with Crippen molar-refractivity contribution in [2.24, 2.45) is 5.92 Å². The molecule has 1 fully saturated rings. The minimum Gasteiger partial charge on any atom is -0.469 e. The number of amides is 1. The van der Waals surface area contributed by atoms with E-state index in [4.69, 9.17) is 9.15 Å². The van der Waals surface area contributed by atoms with Gasteiger partial charge >= 0.3 is 5.97 Å². The zero-order chi connectivity index (χ0) is 18.4. The van der Waals surface area contributed by atoms with E-state index in [1.165, 1.54) is 30.2 Å². The average molecular weight is 396 g/mol. The van der Waals surface area contributed by atoms with E-state index in [0.29, 0.717) is 43.4 Å². The number of likely N-dealkylation sites (tertiary alicyclic amines) is 1. The van der Waals surface area contributed by atoms with Gasteiger partial charge in [-0.15, -0.1) is 10.2 Å². The van der Waals surface area contributed by atoms with Crippen LogP contribution in [0.1, 0.15) is 18.6 Å². The van der Waals surface area contributed by atoms with Gasteiger partial charge in [0.2, 0.25) is 11.0 Å². The van der Waals surface area contributed by atoms with Crippen LogP contribution in [-0.4, -0.2) is 52.9 Å². The molecule has 1 N–H and O–H groups in total. The smallest absolute Gasteiger partial charge is 0.308 e. The van der Waals surface area contributed by atoms with Crippen molar-refractivity contribution in [2.45, 2.75) is 23.7 Å². The zero-order valence-electron chi connectivity index (χ0n) is 14.3. The number of piperidine rings is 1. The first-order valence-corrected chi connectivity index (χ1v) is 10.0. The molecule has 0 saturated carbocycles. The standard InChI is InChI=1S/C16H20N4O4S2/c1-23-14(22)11-4-6-20(7-5-11)13(21)10-25-16-19-18-15(26-16)17-9-12-3-2-8-24-12/h2-3,8,11H,4-7,9-10H2,1H3,(H,17,18). The summed E-state index contributed by atoms with van der Waals surface area (Å²) in [5.74, 6) is 0.909. The van der Waals surface area contributed by atoms with Gasteiger partial charge in [0, 0.05) is 13.1 Å². The van der Waals surface area contributed by atoms with Gasteiger partial charge in [-0.2, -0.15) is 0 Å². The lowest BCUT2D eigenvalue weighted by Gasteiger charge is -2.30. The molecule has 1 amide bonds. The van der Waals surface area contributed by atoms with Crippen LogP contribution in [0.5, 0.6) is 0 Å². The van der Waals surface area contributed by atoms with Gasteiger partial charge in [-0.25, -0.2) is 0 Å². The Bertz CT molecular complexity index is 726. The molecule has 3 heterocycles. The van der Waals surface area contributed by atoms with Crippen LogP contribution in [0.15, 0.2) is 27.2 Å². The number of nitrogens with one attached hydrogen (secondary N) is 1. The molecule has 0 atom stereocenters. The Hall–Kier alpha value is -2.07. The van der Waals surface area contributed by atoms with Gasteiger partial charge in [0.25, 0.3) is 0 Å². The SMILES string of the molecule is COC(=O)C1CCN(C(=O)CSc2nnc(NCc3ccco3)s2)CC1.